The number of nitrogens with one attached hydrogen (secondary N) is 2. The van der Waals surface area contributed by atoms with E-state index in [0.29, 0.717) is 24.8 Å². The van der Waals surface area contributed by atoms with Crippen LogP contribution in [0.4, 0.5) is 5.82 Å². The molecule has 2 rings (SSSR count). The van der Waals surface area contributed by atoms with Crippen molar-refractivity contribution in [3.63, 3.8) is 0 Å². The summed E-state index contributed by atoms with van der Waals surface area (Å²) in [7, 11) is 0. The van der Waals surface area contributed by atoms with Gasteiger partial charge in [-0.25, -0.2) is 5.84 Å². The number of hydrogen-bond acceptors (Lipinski definition) is 8. The number of aliphatic hydroxyl groups excluding tert-OH is 1. The highest BCUT2D eigenvalue weighted by Crippen LogP contribution is 2.19. The third kappa shape index (κ3) is 7.30. The summed E-state index contributed by atoms with van der Waals surface area (Å²) in [6, 6.07) is 11.3. The number of nitrogens with two attached hydrogens (primary N) is 1. The summed E-state index contributed by atoms with van der Waals surface area (Å²) in [4.78, 5) is 0. The van der Waals surface area contributed by atoms with E-state index in [9.17, 15) is 5.11 Å². The summed E-state index contributed by atoms with van der Waals surface area (Å²) in [5, 5.41) is 21.3. The first kappa shape index (κ1) is 21.9. The van der Waals surface area contributed by atoms with Crippen molar-refractivity contribution in [3.05, 3.63) is 42.0 Å². The maximum atomic E-state index is 10.3. The predicted molar refractivity (Wildman–Crippen MR) is 109 cm³/mol. The molecule has 0 radical (unpaired) electrons. The van der Waals surface area contributed by atoms with Crippen LogP contribution in [0.25, 0.3) is 0 Å². The van der Waals surface area contributed by atoms with Crippen molar-refractivity contribution < 1.29 is 14.6 Å². The minimum atomic E-state index is -0.635. The second kappa shape index (κ2) is 10.8. The van der Waals surface area contributed by atoms with Gasteiger partial charge in [-0.05, 0) is 38.0 Å². The zero-order chi connectivity index (χ0) is 20.4. The zero-order valence-electron chi connectivity index (χ0n) is 16.8. The lowest BCUT2D eigenvalue weighted by atomic mass is 10.1. The summed E-state index contributed by atoms with van der Waals surface area (Å²) in [6.07, 6.45) is 1.37. The van der Waals surface area contributed by atoms with Gasteiger partial charge in [0.2, 0.25) is 5.88 Å². The molecule has 0 amide bonds. The van der Waals surface area contributed by atoms with Crippen LogP contribution < -0.4 is 26.1 Å². The van der Waals surface area contributed by atoms with Crippen LogP contribution in [-0.2, 0) is 6.42 Å². The van der Waals surface area contributed by atoms with Gasteiger partial charge >= 0.3 is 0 Å². The number of aromatic nitrogens is 2. The van der Waals surface area contributed by atoms with Gasteiger partial charge in [-0.3, -0.25) is 0 Å². The lowest BCUT2D eigenvalue weighted by molar-refractivity contribution is 0.0918. The average molecular weight is 390 g/mol. The van der Waals surface area contributed by atoms with Crippen molar-refractivity contribution in [3.8, 4) is 11.6 Å². The maximum Gasteiger partial charge on any atom is 0.233 e. The number of para-hydroxylation sites is 1. The molecule has 2 aromatic rings. The van der Waals surface area contributed by atoms with E-state index >= 15 is 0 Å². The summed E-state index contributed by atoms with van der Waals surface area (Å²) < 4.78 is 11.5. The van der Waals surface area contributed by atoms with Gasteiger partial charge in [-0.15, -0.1) is 10.2 Å². The highest BCUT2D eigenvalue weighted by Gasteiger charge is 2.20. The number of ether oxygens (including phenoxy) is 2. The van der Waals surface area contributed by atoms with Gasteiger partial charge < -0.3 is 25.3 Å². The van der Waals surface area contributed by atoms with E-state index in [1.54, 1.807) is 12.1 Å². The molecule has 0 bridgehead atoms. The van der Waals surface area contributed by atoms with Crippen molar-refractivity contribution in [2.24, 2.45) is 5.84 Å². The van der Waals surface area contributed by atoms with E-state index in [2.05, 4.69) is 33.9 Å². The molecule has 1 unspecified atom stereocenters. The Morgan fingerprint density at radius 3 is 2.61 bits per heavy atom. The smallest absolute Gasteiger partial charge is 0.233 e. The SMILES string of the molecule is CCCc1ccccc1OCC(O)CNC(C)(C)COc1ccc(NN)nn1. The molecule has 0 fully saturated rings. The Hall–Kier alpha value is -2.42. The summed E-state index contributed by atoms with van der Waals surface area (Å²) in [6.45, 7) is 7.08. The zero-order valence-corrected chi connectivity index (χ0v) is 16.8. The fourth-order valence-electron chi connectivity index (χ4n) is 2.54. The number of rotatable bonds is 12. The number of β-amino-alcohol motifs (C(OH)–C–C–N with tert-alkyl or cyclic N) is 1. The second-order valence-corrected chi connectivity index (χ2v) is 7.28. The lowest BCUT2D eigenvalue weighted by Crippen LogP contribution is -2.48. The first-order chi connectivity index (χ1) is 13.4. The third-order valence-corrected chi connectivity index (χ3v) is 4.11. The van der Waals surface area contributed by atoms with Crippen LogP contribution in [0.15, 0.2) is 36.4 Å². The van der Waals surface area contributed by atoms with Gasteiger partial charge in [0.15, 0.2) is 5.82 Å². The molecule has 1 aromatic heterocycles. The first-order valence-electron chi connectivity index (χ1n) is 9.50. The minimum absolute atomic E-state index is 0.226. The molecular weight excluding hydrogens is 358 g/mol. The van der Waals surface area contributed by atoms with Crippen molar-refractivity contribution in [1.29, 1.82) is 0 Å². The highest BCUT2D eigenvalue weighted by molar-refractivity contribution is 5.33. The van der Waals surface area contributed by atoms with Gasteiger partial charge in [0.1, 0.15) is 25.1 Å². The standard InChI is InChI=1S/C20H31N5O3/c1-4-7-15-8-5-6-9-17(15)27-13-16(26)12-22-20(2,3)14-28-19-11-10-18(23-21)24-25-19/h5-6,8-11,16,22,26H,4,7,12-14,21H2,1-3H3,(H,23,24). The van der Waals surface area contributed by atoms with E-state index < -0.39 is 6.10 Å². The van der Waals surface area contributed by atoms with Gasteiger partial charge in [0, 0.05) is 18.2 Å². The van der Waals surface area contributed by atoms with Crippen LogP contribution in [0, 0.1) is 0 Å². The molecule has 8 heteroatoms. The molecular formula is C20H31N5O3. The quantitative estimate of drug-likeness (QED) is 0.321. The molecule has 0 aliphatic heterocycles. The van der Waals surface area contributed by atoms with Gasteiger partial charge in [-0.2, -0.15) is 0 Å². The normalized spacial score (nSPS) is 12.5. The van der Waals surface area contributed by atoms with E-state index in [0.717, 1.165) is 24.2 Å². The third-order valence-electron chi connectivity index (χ3n) is 4.11. The van der Waals surface area contributed by atoms with E-state index in [-0.39, 0.29) is 12.1 Å². The van der Waals surface area contributed by atoms with Crippen LogP contribution >= 0.6 is 0 Å². The largest absolute Gasteiger partial charge is 0.491 e. The Labute approximate surface area is 166 Å². The van der Waals surface area contributed by atoms with Crippen LogP contribution in [0.2, 0.25) is 0 Å². The molecule has 28 heavy (non-hydrogen) atoms. The fourth-order valence-corrected chi connectivity index (χ4v) is 2.54. The van der Waals surface area contributed by atoms with Crippen molar-refractivity contribution in [1.82, 2.24) is 15.5 Å². The maximum absolute atomic E-state index is 10.3. The topological polar surface area (TPSA) is 115 Å². The van der Waals surface area contributed by atoms with Crippen molar-refractivity contribution >= 4 is 5.82 Å². The number of benzene rings is 1. The van der Waals surface area contributed by atoms with Crippen LogP contribution in [0.1, 0.15) is 32.8 Å². The Kier molecular flexibility index (Phi) is 8.43. The van der Waals surface area contributed by atoms with E-state index in [4.69, 9.17) is 15.3 Å². The van der Waals surface area contributed by atoms with Crippen LogP contribution in [0.5, 0.6) is 11.6 Å². The van der Waals surface area contributed by atoms with Crippen LogP contribution in [-0.4, -0.2) is 46.7 Å². The molecule has 0 spiro atoms. The average Bonchev–Trinajstić information content (AvgIpc) is 2.71. The molecule has 154 valence electrons. The summed E-state index contributed by atoms with van der Waals surface area (Å²) in [5.74, 6) is 6.97. The van der Waals surface area contributed by atoms with Crippen LogP contribution in [0.3, 0.4) is 0 Å². The Balaban J connectivity index is 1.75. The number of hydrazine groups is 1. The Bertz CT molecular complexity index is 709. The molecule has 0 saturated heterocycles. The number of hydrogen-bond donors (Lipinski definition) is 4. The number of aryl methyl sites for hydroxylation is 1. The first-order valence-corrected chi connectivity index (χ1v) is 9.50. The van der Waals surface area contributed by atoms with E-state index in [1.165, 1.54) is 0 Å². The molecule has 8 nitrogen and oxygen atoms in total. The summed E-state index contributed by atoms with van der Waals surface area (Å²) >= 11 is 0. The van der Waals surface area contributed by atoms with Gasteiger partial charge in [0.05, 0.1) is 0 Å². The Morgan fingerprint density at radius 2 is 1.93 bits per heavy atom. The number of nitrogen functional groups attached to an aromatic ring is 1. The lowest BCUT2D eigenvalue weighted by Gasteiger charge is -2.27. The number of aliphatic hydroxyl groups is 1. The highest BCUT2D eigenvalue weighted by atomic mass is 16.5. The van der Waals surface area contributed by atoms with E-state index in [1.807, 2.05) is 32.0 Å². The van der Waals surface area contributed by atoms with Crippen molar-refractivity contribution in [2.45, 2.75) is 45.3 Å². The molecule has 1 aromatic carbocycles. The number of nitrogens with zero attached hydrogens (tertiary/aromatic N) is 2. The molecule has 0 aliphatic rings. The number of anilines is 1. The summed E-state index contributed by atoms with van der Waals surface area (Å²) in [5.41, 5.74) is 3.21. The predicted octanol–water partition coefficient (Wildman–Crippen LogP) is 1.90. The van der Waals surface area contributed by atoms with Gasteiger partial charge in [-0.1, -0.05) is 31.5 Å². The fraction of sp³-hybridized carbons (Fsp3) is 0.500. The minimum Gasteiger partial charge on any atom is -0.491 e. The van der Waals surface area contributed by atoms with Gasteiger partial charge in [0.25, 0.3) is 0 Å². The molecule has 0 aliphatic carbocycles. The molecule has 1 atom stereocenters. The monoisotopic (exact) mass is 389 g/mol. The van der Waals surface area contributed by atoms with Crippen molar-refractivity contribution in [2.75, 3.05) is 25.2 Å². The molecule has 5 N–H and O–H groups in total. The molecule has 1 heterocycles. The second-order valence-electron chi connectivity index (χ2n) is 7.28. The molecule has 0 saturated carbocycles. The Morgan fingerprint density at radius 1 is 1.14 bits per heavy atom.